The SMILES string of the molecule is C#C[C@H](Cc1cccs1)NC(=O)OCc1ccccc1. The van der Waals surface area contributed by atoms with Gasteiger partial charge in [0.1, 0.15) is 6.61 Å². The van der Waals surface area contributed by atoms with E-state index in [-0.39, 0.29) is 12.6 Å². The molecule has 1 heterocycles. The van der Waals surface area contributed by atoms with E-state index in [1.807, 2.05) is 47.8 Å². The van der Waals surface area contributed by atoms with Crippen LogP contribution in [0.1, 0.15) is 10.4 Å². The monoisotopic (exact) mass is 285 g/mol. The van der Waals surface area contributed by atoms with Crippen molar-refractivity contribution in [3.05, 3.63) is 58.3 Å². The van der Waals surface area contributed by atoms with Gasteiger partial charge in [-0.15, -0.1) is 17.8 Å². The molecule has 0 fully saturated rings. The molecule has 1 aromatic carbocycles. The van der Waals surface area contributed by atoms with Crippen molar-refractivity contribution in [2.75, 3.05) is 0 Å². The number of benzene rings is 1. The molecule has 0 aliphatic rings. The summed E-state index contributed by atoms with van der Waals surface area (Å²) in [5.74, 6) is 2.56. The van der Waals surface area contributed by atoms with Gasteiger partial charge < -0.3 is 10.1 Å². The van der Waals surface area contributed by atoms with E-state index in [1.165, 1.54) is 0 Å². The van der Waals surface area contributed by atoms with Crippen molar-refractivity contribution in [1.82, 2.24) is 5.32 Å². The lowest BCUT2D eigenvalue weighted by molar-refractivity contribution is 0.138. The van der Waals surface area contributed by atoms with Gasteiger partial charge in [-0.2, -0.15) is 0 Å². The largest absolute Gasteiger partial charge is 0.445 e. The van der Waals surface area contributed by atoms with Crippen LogP contribution in [-0.2, 0) is 17.8 Å². The van der Waals surface area contributed by atoms with Crippen LogP contribution in [0.2, 0.25) is 0 Å². The Morgan fingerprint density at radius 2 is 2.10 bits per heavy atom. The zero-order chi connectivity index (χ0) is 14.2. The maximum atomic E-state index is 11.7. The van der Waals surface area contributed by atoms with Crippen molar-refractivity contribution >= 4 is 17.4 Å². The van der Waals surface area contributed by atoms with E-state index in [1.54, 1.807) is 11.3 Å². The summed E-state index contributed by atoms with van der Waals surface area (Å²) in [6.07, 6.45) is 5.56. The molecule has 0 aliphatic heterocycles. The number of amides is 1. The van der Waals surface area contributed by atoms with Gasteiger partial charge in [0.15, 0.2) is 0 Å². The van der Waals surface area contributed by atoms with Crippen LogP contribution in [0.5, 0.6) is 0 Å². The van der Waals surface area contributed by atoms with E-state index < -0.39 is 6.09 Å². The van der Waals surface area contributed by atoms with E-state index >= 15 is 0 Å². The number of hydrogen-bond acceptors (Lipinski definition) is 3. The number of thiophene rings is 1. The average molecular weight is 285 g/mol. The number of terminal acetylenes is 1. The fourth-order valence-corrected chi connectivity index (χ4v) is 2.44. The normalized spacial score (nSPS) is 11.3. The molecule has 0 spiro atoms. The highest BCUT2D eigenvalue weighted by Crippen LogP contribution is 2.11. The minimum atomic E-state index is -0.492. The van der Waals surface area contributed by atoms with Crippen LogP contribution in [-0.4, -0.2) is 12.1 Å². The van der Waals surface area contributed by atoms with Crippen molar-refractivity contribution < 1.29 is 9.53 Å². The number of carbonyl (C=O) groups is 1. The zero-order valence-electron chi connectivity index (χ0n) is 10.9. The molecule has 1 N–H and O–H groups in total. The number of ether oxygens (including phenoxy) is 1. The van der Waals surface area contributed by atoms with Crippen molar-refractivity contribution in [2.24, 2.45) is 0 Å². The second-order valence-corrected chi connectivity index (χ2v) is 5.24. The number of hydrogen-bond donors (Lipinski definition) is 1. The van der Waals surface area contributed by atoms with Gasteiger partial charge in [0.05, 0.1) is 6.04 Å². The van der Waals surface area contributed by atoms with Gasteiger partial charge in [0.2, 0.25) is 0 Å². The molecule has 0 saturated heterocycles. The quantitative estimate of drug-likeness (QED) is 0.857. The summed E-state index contributed by atoms with van der Waals surface area (Å²) in [4.78, 5) is 12.8. The highest BCUT2D eigenvalue weighted by atomic mass is 32.1. The molecule has 1 atom stereocenters. The maximum Gasteiger partial charge on any atom is 0.408 e. The predicted octanol–water partition coefficient (Wildman–Crippen LogP) is 3.22. The third-order valence-corrected chi connectivity index (χ3v) is 3.59. The standard InChI is InChI=1S/C16H15NO2S/c1-2-14(11-15-9-6-10-20-15)17-16(18)19-12-13-7-4-3-5-8-13/h1,3-10,14H,11-12H2,(H,17,18)/t14-/m1/s1. The van der Waals surface area contributed by atoms with Gasteiger partial charge in [-0.25, -0.2) is 4.79 Å². The molecule has 1 amide bonds. The van der Waals surface area contributed by atoms with Gasteiger partial charge in [-0.1, -0.05) is 42.3 Å². The molecule has 1 aromatic heterocycles. The van der Waals surface area contributed by atoms with Crippen LogP contribution in [0.15, 0.2) is 47.8 Å². The molecule has 2 rings (SSSR count). The Labute approximate surface area is 122 Å². The van der Waals surface area contributed by atoms with Crippen LogP contribution in [0, 0.1) is 12.3 Å². The minimum Gasteiger partial charge on any atom is -0.445 e. The molecule has 4 heteroatoms. The van der Waals surface area contributed by atoms with Crippen LogP contribution < -0.4 is 5.32 Å². The number of rotatable bonds is 5. The Kier molecular flexibility index (Phi) is 5.22. The fraction of sp³-hybridized carbons (Fsp3) is 0.188. The summed E-state index contributed by atoms with van der Waals surface area (Å²) in [5, 5.41) is 4.67. The Hall–Kier alpha value is -2.25. The fourth-order valence-electron chi connectivity index (χ4n) is 1.69. The van der Waals surface area contributed by atoms with Crippen LogP contribution >= 0.6 is 11.3 Å². The molecule has 0 saturated carbocycles. The number of carbonyl (C=O) groups excluding carboxylic acids is 1. The topological polar surface area (TPSA) is 38.3 Å². The molecule has 0 unspecified atom stereocenters. The summed E-state index contributed by atoms with van der Waals surface area (Å²) in [6.45, 7) is 0.239. The minimum absolute atomic E-state index is 0.239. The summed E-state index contributed by atoms with van der Waals surface area (Å²) in [5.41, 5.74) is 0.943. The Morgan fingerprint density at radius 3 is 2.75 bits per heavy atom. The zero-order valence-corrected chi connectivity index (χ0v) is 11.7. The summed E-state index contributed by atoms with van der Waals surface area (Å²) in [7, 11) is 0. The Morgan fingerprint density at radius 1 is 1.30 bits per heavy atom. The molecule has 2 aromatic rings. The Balaban J connectivity index is 1.79. The summed E-state index contributed by atoms with van der Waals surface area (Å²) in [6, 6.07) is 13.1. The smallest absolute Gasteiger partial charge is 0.408 e. The summed E-state index contributed by atoms with van der Waals surface area (Å²) >= 11 is 1.62. The third kappa shape index (κ3) is 4.45. The lowest BCUT2D eigenvalue weighted by atomic mass is 10.2. The first-order valence-corrected chi connectivity index (χ1v) is 7.11. The Bertz CT molecular complexity index is 572. The van der Waals surface area contributed by atoms with Crippen molar-refractivity contribution in [3.63, 3.8) is 0 Å². The molecule has 0 bridgehead atoms. The van der Waals surface area contributed by atoms with Crippen molar-refractivity contribution in [1.29, 1.82) is 0 Å². The molecule has 20 heavy (non-hydrogen) atoms. The van der Waals surface area contributed by atoms with Gasteiger partial charge in [0.25, 0.3) is 0 Å². The van der Waals surface area contributed by atoms with Gasteiger partial charge in [-0.05, 0) is 17.0 Å². The first kappa shape index (κ1) is 14.2. The maximum absolute atomic E-state index is 11.7. The van der Waals surface area contributed by atoms with Gasteiger partial charge in [0, 0.05) is 11.3 Å². The highest BCUT2D eigenvalue weighted by Gasteiger charge is 2.11. The molecule has 102 valence electrons. The van der Waals surface area contributed by atoms with Gasteiger partial charge >= 0.3 is 6.09 Å². The number of alkyl carbamates (subject to hydrolysis) is 1. The van der Waals surface area contributed by atoms with Gasteiger partial charge in [-0.3, -0.25) is 0 Å². The lowest BCUT2D eigenvalue weighted by Crippen LogP contribution is -2.35. The van der Waals surface area contributed by atoms with E-state index in [9.17, 15) is 4.79 Å². The highest BCUT2D eigenvalue weighted by molar-refractivity contribution is 7.09. The average Bonchev–Trinajstić information content (AvgIpc) is 2.98. The second-order valence-electron chi connectivity index (χ2n) is 4.21. The first-order valence-electron chi connectivity index (χ1n) is 6.23. The summed E-state index contributed by atoms with van der Waals surface area (Å²) < 4.78 is 5.14. The van der Waals surface area contributed by atoms with E-state index in [2.05, 4.69) is 11.2 Å². The van der Waals surface area contributed by atoms with Crippen molar-refractivity contribution in [3.8, 4) is 12.3 Å². The molecular formula is C16H15NO2S. The second kappa shape index (κ2) is 7.37. The van der Waals surface area contributed by atoms with Crippen LogP contribution in [0.4, 0.5) is 4.79 Å². The predicted molar refractivity (Wildman–Crippen MR) is 80.4 cm³/mol. The van der Waals surface area contributed by atoms with E-state index in [4.69, 9.17) is 11.2 Å². The molecule has 0 radical (unpaired) electrons. The molecular weight excluding hydrogens is 270 g/mol. The van der Waals surface area contributed by atoms with Crippen molar-refractivity contribution in [2.45, 2.75) is 19.1 Å². The third-order valence-electron chi connectivity index (χ3n) is 2.69. The lowest BCUT2D eigenvalue weighted by Gasteiger charge is -2.12. The van der Waals surface area contributed by atoms with E-state index in [0.29, 0.717) is 6.42 Å². The van der Waals surface area contributed by atoms with Crippen LogP contribution in [0.25, 0.3) is 0 Å². The van der Waals surface area contributed by atoms with Crippen LogP contribution in [0.3, 0.4) is 0 Å². The molecule has 0 aliphatic carbocycles. The first-order chi connectivity index (χ1) is 9.78. The number of nitrogens with one attached hydrogen (secondary N) is 1. The van der Waals surface area contributed by atoms with E-state index in [0.717, 1.165) is 10.4 Å². The molecule has 3 nitrogen and oxygen atoms in total.